The average Bonchev–Trinajstić information content (AvgIpc) is 2.16. The highest BCUT2D eigenvalue weighted by atomic mass is 19.4. The van der Waals surface area contributed by atoms with E-state index in [4.69, 9.17) is 0 Å². The largest absolute Gasteiger partial charge is 0.416 e. The lowest BCUT2D eigenvalue weighted by atomic mass is 10.0. The topological polar surface area (TPSA) is 0 Å². The molecule has 0 N–H and O–H groups in total. The van der Waals surface area contributed by atoms with E-state index in [9.17, 15) is 22.0 Å². The Labute approximate surface area is 83.0 Å². The molecule has 1 aromatic rings. The van der Waals surface area contributed by atoms with Crippen molar-refractivity contribution >= 4 is 0 Å². The number of benzene rings is 1. The number of hydrogen-bond acceptors (Lipinski definition) is 0. The molecule has 0 fully saturated rings. The van der Waals surface area contributed by atoms with Crippen LogP contribution in [0, 0.1) is 0 Å². The summed E-state index contributed by atoms with van der Waals surface area (Å²) in [6.07, 6.45) is -4.60. The van der Waals surface area contributed by atoms with Crippen molar-refractivity contribution in [2.24, 2.45) is 0 Å². The van der Waals surface area contributed by atoms with E-state index in [1.807, 2.05) is 0 Å². The lowest BCUT2D eigenvalue weighted by molar-refractivity contribution is -0.140. The zero-order valence-electron chi connectivity index (χ0n) is 7.48. The molecule has 0 atom stereocenters. The summed E-state index contributed by atoms with van der Waals surface area (Å²) in [6.45, 7) is 2.81. The van der Waals surface area contributed by atoms with Crippen LogP contribution in [-0.4, -0.2) is 0 Å². The molecule has 0 nitrogen and oxygen atoms in total. The van der Waals surface area contributed by atoms with E-state index < -0.39 is 23.2 Å². The molecule has 0 unspecified atom stereocenters. The highest BCUT2D eigenvalue weighted by molar-refractivity contribution is 5.35. The van der Waals surface area contributed by atoms with Crippen molar-refractivity contribution in [3.63, 3.8) is 0 Å². The SMILES string of the molecule is C=CC(F)(F)c1ccccc1C(F)(F)F. The van der Waals surface area contributed by atoms with Crippen molar-refractivity contribution in [3.8, 4) is 0 Å². The van der Waals surface area contributed by atoms with Crippen molar-refractivity contribution in [3.05, 3.63) is 48.0 Å². The van der Waals surface area contributed by atoms with Crippen molar-refractivity contribution in [1.82, 2.24) is 0 Å². The van der Waals surface area contributed by atoms with Gasteiger partial charge < -0.3 is 0 Å². The van der Waals surface area contributed by atoms with Crippen LogP contribution in [0.15, 0.2) is 36.9 Å². The molecule has 82 valence electrons. The van der Waals surface area contributed by atoms with Gasteiger partial charge in [0, 0.05) is 5.56 Å². The van der Waals surface area contributed by atoms with E-state index in [1.54, 1.807) is 0 Å². The molecule has 0 saturated heterocycles. The Kier molecular flexibility index (Phi) is 2.83. The maximum absolute atomic E-state index is 13.1. The minimum Gasteiger partial charge on any atom is -0.197 e. The van der Waals surface area contributed by atoms with Crippen molar-refractivity contribution in [2.75, 3.05) is 0 Å². The van der Waals surface area contributed by atoms with E-state index in [0.717, 1.165) is 18.2 Å². The lowest BCUT2D eigenvalue weighted by Gasteiger charge is -2.17. The highest BCUT2D eigenvalue weighted by Gasteiger charge is 2.40. The second-order valence-corrected chi connectivity index (χ2v) is 2.87. The Morgan fingerprint density at radius 1 is 0.933 bits per heavy atom. The molecular formula is C10H7F5. The van der Waals surface area contributed by atoms with Gasteiger partial charge in [0.05, 0.1) is 5.56 Å². The van der Waals surface area contributed by atoms with Gasteiger partial charge in [-0.2, -0.15) is 22.0 Å². The van der Waals surface area contributed by atoms with Crippen molar-refractivity contribution in [2.45, 2.75) is 12.1 Å². The van der Waals surface area contributed by atoms with Gasteiger partial charge in [-0.15, -0.1) is 0 Å². The van der Waals surface area contributed by atoms with Crippen molar-refractivity contribution < 1.29 is 22.0 Å². The normalized spacial score (nSPS) is 12.6. The van der Waals surface area contributed by atoms with Crippen LogP contribution in [-0.2, 0) is 12.1 Å². The van der Waals surface area contributed by atoms with Crippen LogP contribution in [0.3, 0.4) is 0 Å². The molecule has 0 heterocycles. The molecule has 0 bridgehead atoms. The minimum absolute atomic E-state index is 0.192. The highest BCUT2D eigenvalue weighted by Crippen LogP contribution is 2.39. The second kappa shape index (κ2) is 3.64. The molecule has 0 aromatic heterocycles. The van der Waals surface area contributed by atoms with Crippen LogP contribution in [0.4, 0.5) is 22.0 Å². The molecule has 0 aliphatic carbocycles. The van der Waals surface area contributed by atoms with Gasteiger partial charge in [0.2, 0.25) is 0 Å². The summed E-state index contributed by atoms with van der Waals surface area (Å²) in [6, 6.07) is 3.55. The maximum Gasteiger partial charge on any atom is 0.416 e. The van der Waals surface area contributed by atoms with Gasteiger partial charge in [-0.05, 0) is 12.1 Å². The summed E-state index contributed by atoms with van der Waals surface area (Å²) < 4.78 is 63.2. The van der Waals surface area contributed by atoms with Crippen LogP contribution in [0.25, 0.3) is 0 Å². The summed E-state index contributed by atoms with van der Waals surface area (Å²) in [4.78, 5) is 0. The first-order valence-corrected chi connectivity index (χ1v) is 3.97. The van der Waals surface area contributed by atoms with Crippen LogP contribution >= 0.6 is 0 Å². The molecule has 1 aromatic carbocycles. The van der Waals surface area contributed by atoms with E-state index in [1.165, 1.54) is 0 Å². The zero-order valence-corrected chi connectivity index (χ0v) is 7.48. The second-order valence-electron chi connectivity index (χ2n) is 2.87. The standard InChI is InChI=1S/C10H7F5/c1-2-9(11,12)7-5-3-4-6-8(7)10(13,14)15/h2-6H,1H2. The molecule has 0 radical (unpaired) electrons. The summed E-state index contributed by atoms with van der Waals surface area (Å²) in [7, 11) is 0. The Hall–Kier alpha value is -1.39. The molecule has 0 amide bonds. The average molecular weight is 222 g/mol. The Bertz CT molecular complexity index is 364. The van der Waals surface area contributed by atoms with E-state index in [-0.39, 0.29) is 6.08 Å². The van der Waals surface area contributed by atoms with Crippen LogP contribution in [0.1, 0.15) is 11.1 Å². The van der Waals surface area contributed by atoms with Gasteiger partial charge in [0.25, 0.3) is 5.92 Å². The molecular weight excluding hydrogens is 215 g/mol. The van der Waals surface area contributed by atoms with E-state index in [2.05, 4.69) is 6.58 Å². The summed E-state index contributed by atoms with van der Waals surface area (Å²) in [5.41, 5.74) is -2.41. The fraction of sp³-hybridized carbons (Fsp3) is 0.200. The van der Waals surface area contributed by atoms with Gasteiger partial charge in [0.1, 0.15) is 0 Å². The zero-order chi connectivity index (χ0) is 11.7. The summed E-state index contributed by atoms with van der Waals surface area (Å²) >= 11 is 0. The first-order chi connectivity index (χ1) is 6.79. The maximum atomic E-state index is 13.1. The molecule has 15 heavy (non-hydrogen) atoms. The Balaban J connectivity index is 3.37. The smallest absolute Gasteiger partial charge is 0.197 e. The molecule has 5 heteroatoms. The van der Waals surface area contributed by atoms with Gasteiger partial charge in [-0.25, -0.2) is 0 Å². The number of halogens is 5. The van der Waals surface area contributed by atoms with E-state index in [0.29, 0.717) is 6.07 Å². The number of allylic oxidation sites excluding steroid dienone is 1. The lowest BCUT2D eigenvalue weighted by Crippen LogP contribution is -2.17. The number of alkyl halides is 5. The van der Waals surface area contributed by atoms with Gasteiger partial charge in [0.15, 0.2) is 0 Å². The van der Waals surface area contributed by atoms with Gasteiger partial charge >= 0.3 is 6.18 Å². The summed E-state index contributed by atoms with van der Waals surface area (Å²) in [5.74, 6) is -3.67. The van der Waals surface area contributed by atoms with Gasteiger partial charge in [-0.1, -0.05) is 24.8 Å². The molecule has 0 aliphatic rings. The first-order valence-electron chi connectivity index (χ1n) is 3.97. The third kappa shape index (κ3) is 2.34. The predicted molar refractivity (Wildman–Crippen MR) is 45.5 cm³/mol. The van der Waals surface area contributed by atoms with Gasteiger partial charge in [-0.3, -0.25) is 0 Å². The number of hydrogen-bond donors (Lipinski definition) is 0. The molecule has 1 rings (SSSR count). The molecule has 0 spiro atoms. The van der Waals surface area contributed by atoms with Crippen LogP contribution < -0.4 is 0 Å². The fourth-order valence-electron chi connectivity index (χ4n) is 1.13. The third-order valence-corrected chi connectivity index (χ3v) is 1.85. The Morgan fingerprint density at radius 2 is 1.40 bits per heavy atom. The fourth-order valence-corrected chi connectivity index (χ4v) is 1.13. The predicted octanol–water partition coefficient (Wildman–Crippen LogP) is 3.98. The molecule has 0 aliphatic heterocycles. The van der Waals surface area contributed by atoms with E-state index >= 15 is 0 Å². The minimum atomic E-state index is -4.79. The summed E-state index contributed by atoms with van der Waals surface area (Å²) in [5, 5.41) is 0. The van der Waals surface area contributed by atoms with Crippen molar-refractivity contribution in [1.29, 1.82) is 0 Å². The quantitative estimate of drug-likeness (QED) is 0.524. The monoisotopic (exact) mass is 222 g/mol. The Morgan fingerprint density at radius 3 is 1.80 bits per heavy atom. The first kappa shape index (κ1) is 11.7. The number of rotatable bonds is 2. The molecule has 0 saturated carbocycles. The van der Waals surface area contributed by atoms with Crippen LogP contribution in [0.5, 0.6) is 0 Å². The van der Waals surface area contributed by atoms with Crippen LogP contribution in [0.2, 0.25) is 0 Å². The third-order valence-electron chi connectivity index (χ3n) is 1.85.